The number of rotatable bonds is 5. The van der Waals surface area contributed by atoms with Gasteiger partial charge < -0.3 is 20.8 Å². The number of nitrogens with zero attached hydrogens (tertiary/aromatic N) is 3. The van der Waals surface area contributed by atoms with Gasteiger partial charge in [-0.1, -0.05) is 35.3 Å². The molecule has 0 spiro atoms. The number of aryl methyl sites for hydroxylation is 1. The Morgan fingerprint density at radius 2 is 1.83 bits per heavy atom. The Hall–Kier alpha value is -1.44. The Balaban J connectivity index is 1.63. The number of hydrogen-bond donors (Lipinski definition) is 3. The van der Waals surface area contributed by atoms with Crippen LogP contribution >= 0.6 is 23.2 Å². The molecule has 8 heteroatoms. The third-order valence-electron chi connectivity index (χ3n) is 7.06. The molecule has 2 fully saturated rings. The van der Waals surface area contributed by atoms with Crippen molar-refractivity contribution in [1.29, 1.82) is 0 Å². The van der Waals surface area contributed by atoms with Crippen LogP contribution in [0.1, 0.15) is 43.5 Å². The largest absolute Gasteiger partial charge is 0.390 e. The molecule has 0 unspecified atom stereocenters. The van der Waals surface area contributed by atoms with E-state index in [1.807, 2.05) is 19.1 Å². The summed E-state index contributed by atoms with van der Waals surface area (Å²) in [6.07, 6.45) is 4.33. The first-order valence-electron chi connectivity index (χ1n) is 10.4. The van der Waals surface area contributed by atoms with Crippen LogP contribution in [0.25, 0.3) is 11.3 Å². The maximum Gasteiger partial charge on any atom is 0.153 e. The van der Waals surface area contributed by atoms with Gasteiger partial charge >= 0.3 is 0 Å². The van der Waals surface area contributed by atoms with Gasteiger partial charge in [0.05, 0.1) is 33.6 Å². The number of aliphatic hydroxyl groups excluding tert-OH is 1. The van der Waals surface area contributed by atoms with E-state index in [9.17, 15) is 10.2 Å². The summed E-state index contributed by atoms with van der Waals surface area (Å²) in [5, 5.41) is 21.9. The van der Waals surface area contributed by atoms with Gasteiger partial charge in [0.15, 0.2) is 5.82 Å². The molecule has 1 saturated carbocycles. The zero-order chi connectivity index (χ0) is 21.5. The molecule has 1 aliphatic carbocycles. The molecule has 0 radical (unpaired) electrons. The zero-order valence-corrected chi connectivity index (χ0v) is 18.7. The molecular weight excluding hydrogens is 423 g/mol. The summed E-state index contributed by atoms with van der Waals surface area (Å²) >= 11 is 12.6. The Morgan fingerprint density at radius 3 is 2.40 bits per heavy atom. The fraction of sp³-hybridized carbons (Fsp3) is 0.545. The second kappa shape index (κ2) is 8.24. The average Bonchev–Trinajstić information content (AvgIpc) is 2.74. The Kier molecular flexibility index (Phi) is 5.99. The molecule has 162 valence electrons. The Bertz CT molecular complexity index is 941. The number of hydrogen-bond acceptors (Lipinski definition) is 6. The average molecular weight is 451 g/mol. The summed E-state index contributed by atoms with van der Waals surface area (Å²) in [7, 11) is 0. The van der Waals surface area contributed by atoms with Crippen LogP contribution in [0.3, 0.4) is 0 Å². The lowest BCUT2D eigenvalue weighted by atomic mass is 9.57. The summed E-state index contributed by atoms with van der Waals surface area (Å²) in [6, 6.07) is 5.40. The molecule has 0 amide bonds. The van der Waals surface area contributed by atoms with Gasteiger partial charge in [-0.15, -0.1) is 0 Å². The molecule has 4 N–H and O–H groups in total. The molecule has 1 aromatic heterocycles. The number of aliphatic hydroxyl groups is 2. The normalized spacial score (nSPS) is 20.1. The zero-order valence-electron chi connectivity index (χ0n) is 17.2. The topological polar surface area (TPSA) is 95.5 Å². The highest BCUT2D eigenvalue weighted by Gasteiger charge is 2.53. The minimum atomic E-state index is -0.636. The van der Waals surface area contributed by atoms with Gasteiger partial charge in [0, 0.05) is 30.6 Å². The van der Waals surface area contributed by atoms with Crippen molar-refractivity contribution in [2.75, 3.05) is 24.5 Å². The fourth-order valence-electron chi connectivity index (χ4n) is 4.89. The van der Waals surface area contributed by atoms with E-state index in [4.69, 9.17) is 38.9 Å². The number of aromatic nitrogens is 2. The molecule has 1 aliphatic heterocycles. The van der Waals surface area contributed by atoms with Crippen molar-refractivity contribution in [3.8, 4) is 11.3 Å². The van der Waals surface area contributed by atoms with Crippen LogP contribution < -0.4 is 10.6 Å². The van der Waals surface area contributed by atoms with Crippen LogP contribution in [0, 0.1) is 12.3 Å². The molecule has 0 atom stereocenters. The van der Waals surface area contributed by atoms with Crippen molar-refractivity contribution in [2.24, 2.45) is 11.1 Å². The van der Waals surface area contributed by atoms with Crippen LogP contribution in [0.4, 0.5) is 5.82 Å². The molecule has 30 heavy (non-hydrogen) atoms. The van der Waals surface area contributed by atoms with Gasteiger partial charge in [0.2, 0.25) is 0 Å². The van der Waals surface area contributed by atoms with Crippen molar-refractivity contribution in [3.63, 3.8) is 0 Å². The van der Waals surface area contributed by atoms with E-state index in [1.54, 1.807) is 6.07 Å². The Labute approximate surface area is 187 Å². The van der Waals surface area contributed by atoms with Crippen molar-refractivity contribution < 1.29 is 10.2 Å². The highest BCUT2D eigenvalue weighted by atomic mass is 35.5. The van der Waals surface area contributed by atoms with E-state index in [0.29, 0.717) is 39.4 Å². The summed E-state index contributed by atoms with van der Waals surface area (Å²) in [6.45, 7) is 3.59. The van der Waals surface area contributed by atoms with Crippen LogP contribution in [0.15, 0.2) is 18.2 Å². The van der Waals surface area contributed by atoms with Gasteiger partial charge in [0.25, 0.3) is 0 Å². The summed E-state index contributed by atoms with van der Waals surface area (Å²) in [5.41, 5.74) is 7.81. The second-order valence-electron chi connectivity index (χ2n) is 8.54. The fourth-order valence-corrected chi connectivity index (χ4v) is 5.28. The predicted octanol–water partition coefficient (Wildman–Crippen LogP) is 3.71. The number of halogens is 2. The maximum absolute atomic E-state index is 11.0. The van der Waals surface area contributed by atoms with Crippen molar-refractivity contribution >= 4 is 29.0 Å². The Morgan fingerprint density at radius 1 is 1.13 bits per heavy atom. The first kappa shape index (κ1) is 21.8. The summed E-state index contributed by atoms with van der Waals surface area (Å²) < 4.78 is 0. The minimum absolute atomic E-state index is 0.226. The van der Waals surface area contributed by atoms with Gasteiger partial charge in [-0.3, -0.25) is 0 Å². The SMILES string of the molecule is Cc1nc(N2CCC(CN)(C3(O)CCC3)CC2)c(CO)nc1-c1cccc(Cl)c1Cl. The first-order valence-corrected chi connectivity index (χ1v) is 11.2. The third-order valence-corrected chi connectivity index (χ3v) is 7.88. The molecule has 0 bridgehead atoms. The number of anilines is 1. The summed E-state index contributed by atoms with van der Waals surface area (Å²) in [5.74, 6) is 0.683. The van der Waals surface area contributed by atoms with Gasteiger partial charge in [-0.25, -0.2) is 9.97 Å². The second-order valence-corrected chi connectivity index (χ2v) is 9.33. The van der Waals surface area contributed by atoms with Crippen LogP contribution in [0.5, 0.6) is 0 Å². The van der Waals surface area contributed by atoms with E-state index in [2.05, 4.69) is 4.90 Å². The molecule has 2 heterocycles. The van der Waals surface area contributed by atoms with Gasteiger partial charge in [0.1, 0.15) is 5.69 Å². The van der Waals surface area contributed by atoms with E-state index < -0.39 is 5.60 Å². The van der Waals surface area contributed by atoms with Crippen molar-refractivity contribution in [2.45, 2.75) is 51.2 Å². The predicted molar refractivity (Wildman–Crippen MR) is 120 cm³/mol. The lowest BCUT2D eigenvalue weighted by molar-refractivity contribution is -0.145. The smallest absolute Gasteiger partial charge is 0.153 e. The molecular formula is C22H28Cl2N4O2. The molecule has 2 aromatic rings. The highest BCUT2D eigenvalue weighted by molar-refractivity contribution is 6.43. The van der Waals surface area contributed by atoms with Gasteiger partial charge in [-0.05, 0) is 45.1 Å². The minimum Gasteiger partial charge on any atom is -0.390 e. The van der Waals surface area contributed by atoms with Crippen LogP contribution in [-0.4, -0.2) is 45.4 Å². The van der Waals surface area contributed by atoms with Crippen molar-refractivity contribution in [3.05, 3.63) is 39.6 Å². The number of benzene rings is 1. The molecule has 4 rings (SSSR count). The molecule has 6 nitrogen and oxygen atoms in total. The van der Waals surface area contributed by atoms with Gasteiger partial charge in [-0.2, -0.15) is 0 Å². The quantitative estimate of drug-likeness (QED) is 0.642. The maximum atomic E-state index is 11.0. The lowest BCUT2D eigenvalue weighted by Gasteiger charge is -2.55. The molecule has 2 aliphatic rings. The monoisotopic (exact) mass is 450 g/mol. The lowest BCUT2D eigenvalue weighted by Crippen LogP contribution is -2.61. The van der Waals surface area contributed by atoms with E-state index in [1.165, 1.54) is 0 Å². The van der Waals surface area contributed by atoms with Crippen molar-refractivity contribution in [1.82, 2.24) is 9.97 Å². The van der Waals surface area contributed by atoms with E-state index >= 15 is 0 Å². The first-order chi connectivity index (χ1) is 14.3. The van der Waals surface area contributed by atoms with E-state index in [-0.39, 0.29) is 12.0 Å². The molecule has 1 aromatic carbocycles. The van der Waals surface area contributed by atoms with E-state index in [0.717, 1.165) is 50.9 Å². The number of nitrogens with two attached hydrogens (primary N) is 1. The third kappa shape index (κ3) is 3.49. The molecule has 1 saturated heterocycles. The highest BCUT2D eigenvalue weighted by Crippen LogP contribution is 2.51. The standard InChI is InChI=1S/C22H28Cl2N4O2/c1-14-19(15-4-2-5-16(23)18(15)24)27-17(12-29)20(26-14)28-10-8-21(13-25,9-11-28)22(30)6-3-7-22/h2,4-5,29-30H,3,6-13,25H2,1H3. The summed E-state index contributed by atoms with van der Waals surface area (Å²) in [4.78, 5) is 11.6. The van der Waals surface area contributed by atoms with Crippen LogP contribution in [0.2, 0.25) is 10.0 Å². The van der Waals surface area contributed by atoms with Crippen LogP contribution in [-0.2, 0) is 6.61 Å². The number of piperidine rings is 1.